The van der Waals surface area contributed by atoms with Crippen LogP contribution in [0.5, 0.6) is 0 Å². The zero-order chi connectivity index (χ0) is 10.1. The van der Waals surface area contributed by atoms with E-state index >= 15 is 0 Å². The van der Waals surface area contributed by atoms with Crippen molar-refractivity contribution in [3.8, 4) is 0 Å². The van der Waals surface area contributed by atoms with Gasteiger partial charge in [0.2, 0.25) is 0 Å². The molecular formula is C13H20. The van der Waals surface area contributed by atoms with Gasteiger partial charge in [-0.2, -0.15) is 0 Å². The predicted molar refractivity (Wildman–Crippen MR) is 59.6 cm³/mol. The van der Waals surface area contributed by atoms with E-state index in [9.17, 15) is 0 Å². The molecule has 0 aromatic heterocycles. The van der Waals surface area contributed by atoms with E-state index in [-0.39, 0.29) is 0 Å². The molecule has 0 radical (unpaired) electrons. The minimum Gasteiger partial charge on any atom is -0.0765 e. The standard InChI is InChI=1S/C13H20/c1-10(2)11-8-6-7-9-12(11)13(3,4)5/h6-9,12H,1-5H3. The molecular weight excluding hydrogens is 156 g/mol. The van der Waals surface area contributed by atoms with Crippen molar-refractivity contribution in [1.82, 2.24) is 0 Å². The number of rotatable bonds is 0. The average molecular weight is 176 g/mol. The Balaban J connectivity index is 3.04. The Morgan fingerprint density at radius 2 is 1.77 bits per heavy atom. The van der Waals surface area contributed by atoms with Gasteiger partial charge in [-0.25, -0.2) is 0 Å². The first kappa shape index (κ1) is 10.3. The zero-order valence-electron chi connectivity index (χ0n) is 9.39. The first-order valence-electron chi connectivity index (χ1n) is 4.95. The highest BCUT2D eigenvalue weighted by Crippen LogP contribution is 2.36. The summed E-state index contributed by atoms with van der Waals surface area (Å²) in [5.74, 6) is 0.572. The molecule has 0 bridgehead atoms. The van der Waals surface area contributed by atoms with Crippen molar-refractivity contribution in [3.05, 3.63) is 35.5 Å². The predicted octanol–water partition coefficient (Wildman–Crippen LogP) is 4.11. The highest BCUT2D eigenvalue weighted by molar-refractivity contribution is 5.37. The Labute approximate surface area is 82.0 Å². The van der Waals surface area contributed by atoms with E-state index in [1.807, 2.05) is 0 Å². The maximum Gasteiger partial charge on any atom is 0.00690 e. The van der Waals surface area contributed by atoms with Gasteiger partial charge in [-0.15, -0.1) is 0 Å². The highest BCUT2D eigenvalue weighted by atomic mass is 14.3. The van der Waals surface area contributed by atoms with Crippen LogP contribution in [-0.4, -0.2) is 0 Å². The summed E-state index contributed by atoms with van der Waals surface area (Å²) in [6, 6.07) is 0. The van der Waals surface area contributed by atoms with Crippen molar-refractivity contribution in [1.29, 1.82) is 0 Å². The topological polar surface area (TPSA) is 0 Å². The molecule has 0 N–H and O–H groups in total. The molecule has 1 atom stereocenters. The Hall–Kier alpha value is -0.780. The van der Waals surface area contributed by atoms with E-state index in [4.69, 9.17) is 0 Å². The molecule has 1 rings (SSSR count). The maximum atomic E-state index is 2.31. The molecule has 0 saturated carbocycles. The summed E-state index contributed by atoms with van der Waals surface area (Å²) in [7, 11) is 0. The van der Waals surface area contributed by atoms with Crippen molar-refractivity contribution < 1.29 is 0 Å². The van der Waals surface area contributed by atoms with E-state index in [0.717, 1.165) is 0 Å². The Kier molecular flexibility index (Phi) is 2.80. The Morgan fingerprint density at radius 1 is 1.15 bits per heavy atom. The summed E-state index contributed by atoms with van der Waals surface area (Å²) >= 11 is 0. The molecule has 0 aromatic carbocycles. The van der Waals surface area contributed by atoms with E-state index in [1.54, 1.807) is 0 Å². The second-order valence-electron chi connectivity index (χ2n) is 5.04. The summed E-state index contributed by atoms with van der Waals surface area (Å²) in [4.78, 5) is 0. The first-order chi connectivity index (χ1) is 5.93. The largest absolute Gasteiger partial charge is 0.0765 e. The van der Waals surface area contributed by atoms with Crippen LogP contribution in [0.25, 0.3) is 0 Å². The summed E-state index contributed by atoms with van der Waals surface area (Å²) in [6.45, 7) is 11.3. The Bertz CT molecular complexity index is 265. The van der Waals surface area contributed by atoms with Crippen LogP contribution in [0.15, 0.2) is 35.5 Å². The molecule has 0 aromatic rings. The lowest BCUT2D eigenvalue weighted by Crippen LogP contribution is -2.21. The molecule has 0 heterocycles. The lowest BCUT2D eigenvalue weighted by molar-refractivity contribution is 0.332. The molecule has 1 aliphatic rings. The fourth-order valence-electron chi connectivity index (χ4n) is 1.77. The van der Waals surface area contributed by atoms with Gasteiger partial charge in [0.25, 0.3) is 0 Å². The van der Waals surface area contributed by atoms with Crippen LogP contribution in [-0.2, 0) is 0 Å². The molecule has 1 aliphatic carbocycles. The van der Waals surface area contributed by atoms with Gasteiger partial charge in [0.1, 0.15) is 0 Å². The van der Waals surface area contributed by atoms with E-state index < -0.39 is 0 Å². The lowest BCUT2D eigenvalue weighted by atomic mass is 9.73. The van der Waals surface area contributed by atoms with Crippen LogP contribution in [0.3, 0.4) is 0 Å². The van der Waals surface area contributed by atoms with Crippen LogP contribution in [0.2, 0.25) is 0 Å². The summed E-state index contributed by atoms with van der Waals surface area (Å²) in [5.41, 5.74) is 3.24. The van der Waals surface area contributed by atoms with Crippen molar-refractivity contribution in [2.24, 2.45) is 11.3 Å². The van der Waals surface area contributed by atoms with Gasteiger partial charge in [-0.1, -0.05) is 50.6 Å². The average Bonchev–Trinajstić information content (AvgIpc) is 2.03. The summed E-state index contributed by atoms with van der Waals surface area (Å²) in [6.07, 6.45) is 8.83. The smallest absolute Gasteiger partial charge is 0.00690 e. The van der Waals surface area contributed by atoms with E-state index in [0.29, 0.717) is 11.3 Å². The summed E-state index contributed by atoms with van der Waals surface area (Å²) in [5, 5.41) is 0. The monoisotopic (exact) mass is 176 g/mol. The van der Waals surface area contributed by atoms with Crippen LogP contribution < -0.4 is 0 Å². The molecule has 13 heavy (non-hydrogen) atoms. The number of hydrogen-bond donors (Lipinski definition) is 0. The van der Waals surface area contributed by atoms with Crippen LogP contribution in [0, 0.1) is 11.3 Å². The minimum absolute atomic E-state index is 0.327. The fourth-order valence-corrected chi connectivity index (χ4v) is 1.77. The van der Waals surface area contributed by atoms with Gasteiger partial charge in [0.05, 0.1) is 0 Å². The molecule has 0 nitrogen and oxygen atoms in total. The van der Waals surface area contributed by atoms with Gasteiger partial charge in [-0.3, -0.25) is 0 Å². The van der Waals surface area contributed by atoms with Gasteiger partial charge in [-0.05, 0) is 24.8 Å². The van der Waals surface area contributed by atoms with Crippen molar-refractivity contribution in [2.45, 2.75) is 34.6 Å². The van der Waals surface area contributed by atoms with E-state index in [2.05, 4.69) is 58.9 Å². The number of hydrogen-bond acceptors (Lipinski definition) is 0. The zero-order valence-corrected chi connectivity index (χ0v) is 9.39. The van der Waals surface area contributed by atoms with Crippen molar-refractivity contribution in [3.63, 3.8) is 0 Å². The third-order valence-electron chi connectivity index (χ3n) is 2.54. The van der Waals surface area contributed by atoms with Gasteiger partial charge in [0.15, 0.2) is 0 Å². The molecule has 0 aliphatic heterocycles. The fraction of sp³-hybridized carbons (Fsp3) is 0.538. The lowest BCUT2D eigenvalue weighted by Gasteiger charge is -2.31. The van der Waals surface area contributed by atoms with Crippen LogP contribution in [0.4, 0.5) is 0 Å². The van der Waals surface area contributed by atoms with Gasteiger partial charge in [0, 0.05) is 5.92 Å². The normalized spacial score (nSPS) is 22.2. The SMILES string of the molecule is CC(C)=C1C=CC=CC1C(C)(C)C. The van der Waals surface area contributed by atoms with Gasteiger partial charge < -0.3 is 0 Å². The van der Waals surface area contributed by atoms with Crippen molar-refractivity contribution in [2.75, 3.05) is 0 Å². The third kappa shape index (κ3) is 2.33. The minimum atomic E-state index is 0.327. The molecule has 0 spiro atoms. The third-order valence-corrected chi connectivity index (χ3v) is 2.54. The molecule has 0 fully saturated rings. The molecule has 72 valence electrons. The summed E-state index contributed by atoms with van der Waals surface area (Å²) < 4.78 is 0. The highest BCUT2D eigenvalue weighted by Gasteiger charge is 2.25. The second kappa shape index (κ2) is 3.53. The number of allylic oxidation sites excluding steroid dienone is 6. The van der Waals surface area contributed by atoms with Crippen molar-refractivity contribution >= 4 is 0 Å². The van der Waals surface area contributed by atoms with Gasteiger partial charge >= 0.3 is 0 Å². The first-order valence-corrected chi connectivity index (χ1v) is 4.95. The Morgan fingerprint density at radius 3 is 2.15 bits per heavy atom. The molecule has 1 unspecified atom stereocenters. The van der Waals surface area contributed by atoms with E-state index in [1.165, 1.54) is 11.1 Å². The van der Waals surface area contributed by atoms with Crippen LogP contribution >= 0.6 is 0 Å². The molecule has 0 saturated heterocycles. The molecule has 0 amide bonds. The quantitative estimate of drug-likeness (QED) is 0.521. The van der Waals surface area contributed by atoms with Crippen LogP contribution in [0.1, 0.15) is 34.6 Å². The second-order valence-corrected chi connectivity index (χ2v) is 5.04. The molecule has 0 heteroatoms. The maximum absolute atomic E-state index is 2.31.